The van der Waals surface area contributed by atoms with Crippen LogP contribution in [0.1, 0.15) is 342 Å². The van der Waals surface area contributed by atoms with E-state index in [9.17, 15) is 43.5 Å². The van der Waals surface area contributed by atoms with E-state index in [-0.39, 0.29) is 19.3 Å². The topological polar surface area (TPSA) is 231 Å². The molecule has 0 saturated carbocycles. The van der Waals surface area contributed by atoms with Crippen LogP contribution in [0.15, 0.2) is 146 Å². The molecule has 0 rings (SSSR count). The van der Waals surface area contributed by atoms with E-state index in [0.717, 1.165) is 167 Å². The van der Waals surface area contributed by atoms with Gasteiger partial charge in [0, 0.05) is 19.3 Å². The molecule has 0 aliphatic carbocycles. The molecule has 0 heterocycles. The number of carbonyl (C=O) groups is 3. The second-order valence-corrected chi connectivity index (χ2v) is 30.8. The summed E-state index contributed by atoms with van der Waals surface area (Å²) in [6, 6.07) is 0. The highest BCUT2D eigenvalue weighted by atomic mass is 31.2. The Hall–Kier alpha value is -4.57. The number of phosphoric acid groups is 2. The minimum Gasteiger partial charge on any atom is -0.463 e. The summed E-state index contributed by atoms with van der Waals surface area (Å²) in [6.07, 6.45) is 100. The molecule has 107 heavy (non-hydrogen) atoms. The molecule has 5 atom stereocenters. The second kappa shape index (κ2) is 80.9. The molecular weight excluding hydrogens is 1390 g/mol. The molecule has 5 unspecified atom stereocenters. The van der Waals surface area contributed by atoms with E-state index in [0.29, 0.717) is 19.3 Å². The number of unbranched alkanes of at least 4 members (excludes halogenated alkanes) is 32. The number of aliphatic hydroxyl groups is 2. The molecule has 614 valence electrons. The van der Waals surface area contributed by atoms with Crippen LogP contribution in [0, 0.1) is 0 Å². The zero-order chi connectivity index (χ0) is 78.0. The SMILES string of the molecule is CC/C=C\C/C=C\C/C=C\C/C=C\C/C=C\CCCCCCCCCCCCCCCCCCCC(=O)OCC(O)COP(=O)(O)OCC(O)COP(=O)(O)OCC(COC(=O)CCCCCCC/C=C\C/C=C\C/C=C\C/C=C\CCCCC)OC(=O)CCCCCCCCC/C=C\C/C=C\C/C=C\CC. The number of phosphoric ester groups is 2. The van der Waals surface area contributed by atoms with E-state index >= 15 is 0 Å². The van der Waals surface area contributed by atoms with Gasteiger partial charge in [0.05, 0.1) is 26.4 Å². The quantitative estimate of drug-likeness (QED) is 0.0146. The Bertz CT molecular complexity index is 2530. The summed E-state index contributed by atoms with van der Waals surface area (Å²) in [6.45, 7) is 2.42. The van der Waals surface area contributed by atoms with Crippen LogP contribution in [0.3, 0.4) is 0 Å². The lowest BCUT2D eigenvalue weighted by molar-refractivity contribution is -0.161. The lowest BCUT2D eigenvalue weighted by atomic mass is 10.0. The molecule has 0 amide bonds. The normalized spacial score (nSPS) is 14.6. The zero-order valence-corrected chi connectivity index (χ0v) is 69.1. The minimum atomic E-state index is -4.94. The second-order valence-electron chi connectivity index (χ2n) is 27.9. The summed E-state index contributed by atoms with van der Waals surface area (Å²) in [7, 11) is -9.81. The Morgan fingerprint density at radius 2 is 0.495 bits per heavy atom. The highest BCUT2D eigenvalue weighted by Gasteiger charge is 2.29. The van der Waals surface area contributed by atoms with Gasteiger partial charge >= 0.3 is 33.6 Å². The van der Waals surface area contributed by atoms with E-state index in [2.05, 4.69) is 167 Å². The Morgan fingerprint density at radius 1 is 0.271 bits per heavy atom. The lowest BCUT2D eigenvalue weighted by Gasteiger charge is -2.21. The first-order chi connectivity index (χ1) is 52.2. The fraction of sp³-hybridized carbons (Fsp3) is 0.697. The Morgan fingerprint density at radius 3 is 0.785 bits per heavy atom. The summed E-state index contributed by atoms with van der Waals surface area (Å²) in [5, 5.41) is 20.7. The average Bonchev–Trinajstić information content (AvgIpc) is 0.907. The van der Waals surface area contributed by atoms with Crippen molar-refractivity contribution in [2.75, 3.05) is 39.6 Å². The molecule has 0 aromatic rings. The summed E-state index contributed by atoms with van der Waals surface area (Å²) >= 11 is 0. The van der Waals surface area contributed by atoms with Crippen molar-refractivity contribution in [1.29, 1.82) is 0 Å². The van der Waals surface area contributed by atoms with Gasteiger partial charge < -0.3 is 34.2 Å². The van der Waals surface area contributed by atoms with Gasteiger partial charge in [0.25, 0.3) is 0 Å². The van der Waals surface area contributed by atoms with Gasteiger partial charge in [-0.25, -0.2) is 9.13 Å². The molecule has 4 N–H and O–H groups in total. The van der Waals surface area contributed by atoms with Crippen LogP contribution in [0.2, 0.25) is 0 Å². The first-order valence-electron chi connectivity index (χ1n) is 42.1. The molecule has 0 spiro atoms. The fourth-order valence-corrected chi connectivity index (χ4v) is 12.8. The maximum atomic E-state index is 13.0. The zero-order valence-electron chi connectivity index (χ0n) is 67.3. The van der Waals surface area contributed by atoms with E-state index in [1.54, 1.807) is 0 Å². The molecule has 0 fully saturated rings. The number of hydrogen-bond acceptors (Lipinski definition) is 14. The lowest BCUT2D eigenvalue weighted by Crippen LogP contribution is -2.30. The molecule has 0 radical (unpaired) electrons. The predicted octanol–water partition coefficient (Wildman–Crippen LogP) is 25.2. The van der Waals surface area contributed by atoms with Crippen LogP contribution in [0.5, 0.6) is 0 Å². The number of aliphatic hydroxyl groups excluding tert-OH is 2. The summed E-state index contributed by atoms with van der Waals surface area (Å²) in [4.78, 5) is 58.8. The van der Waals surface area contributed by atoms with Crippen molar-refractivity contribution in [3.05, 3.63) is 146 Å². The maximum Gasteiger partial charge on any atom is 0.472 e. The van der Waals surface area contributed by atoms with Gasteiger partial charge in [-0.15, -0.1) is 0 Å². The van der Waals surface area contributed by atoms with Gasteiger partial charge in [-0.05, 0) is 141 Å². The van der Waals surface area contributed by atoms with E-state index in [1.807, 2.05) is 0 Å². The molecular formula is C89H152O16P2. The molecule has 0 aromatic carbocycles. The van der Waals surface area contributed by atoms with Crippen LogP contribution >= 0.6 is 15.6 Å². The van der Waals surface area contributed by atoms with Gasteiger partial charge in [-0.2, -0.15) is 0 Å². The van der Waals surface area contributed by atoms with Crippen molar-refractivity contribution in [3.63, 3.8) is 0 Å². The Kier molecular flexibility index (Phi) is 77.5. The third-order valence-electron chi connectivity index (χ3n) is 17.5. The fourth-order valence-electron chi connectivity index (χ4n) is 11.2. The van der Waals surface area contributed by atoms with Crippen LogP contribution in [-0.4, -0.2) is 95.9 Å². The van der Waals surface area contributed by atoms with Crippen molar-refractivity contribution in [2.24, 2.45) is 0 Å². The third kappa shape index (κ3) is 82.2. The average molecular weight is 1540 g/mol. The number of allylic oxidation sites excluding steroid dienone is 24. The van der Waals surface area contributed by atoms with E-state index < -0.39 is 91.5 Å². The molecule has 16 nitrogen and oxygen atoms in total. The van der Waals surface area contributed by atoms with Crippen LogP contribution in [0.25, 0.3) is 0 Å². The van der Waals surface area contributed by atoms with Crippen molar-refractivity contribution in [1.82, 2.24) is 0 Å². The first-order valence-corrected chi connectivity index (χ1v) is 45.1. The van der Waals surface area contributed by atoms with Crippen molar-refractivity contribution < 1.29 is 75.8 Å². The number of hydrogen-bond donors (Lipinski definition) is 4. The number of ether oxygens (including phenoxy) is 3. The summed E-state index contributed by atoms with van der Waals surface area (Å²) in [5.41, 5.74) is 0. The monoisotopic (exact) mass is 1540 g/mol. The minimum absolute atomic E-state index is 0.0860. The number of esters is 3. The molecule has 0 bridgehead atoms. The standard InChI is InChI=1S/C89H152O16P2/c1-4-7-10-13-16-19-22-25-28-31-33-35-36-37-38-39-40-41-42-43-44-45-46-48-50-52-54-57-60-63-66-69-72-75-87(92)99-78-84(90)79-101-106(95,96)102-80-85(91)81-103-107(97,98)104-83-86(105-89(94)77-74-71-68-65-62-59-56-51-30-27-24-21-18-15-12-9-6-3)82-100-88(93)76-73-70-67-64-61-58-55-53-49-47-34-32-29-26-23-20-17-14-11-8-5-2/h7,9-10,12,16-21,25-30,33-35,37-38,47,53,55,84-86,90-91H,4-6,8,11,13-15,22-24,31-32,36,39-46,48-52,54,56-83H2,1-3H3,(H,95,96)(H,97,98)/b10-7-,12-9-,19-16-,20-17-,21-18-,28-25-,29-26-,30-27-,35-33-,38-37-,47-34-,55-53-. The van der Waals surface area contributed by atoms with Gasteiger partial charge in [0.15, 0.2) is 6.10 Å². The van der Waals surface area contributed by atoms with E-state index in [4.69, 9.17) is 32.3 Å². The van der Waals surface area contributed by atoms with Crippen LogP contribution in [0.4, 0.5) is 0 Å². The van der Waals surface area contributed by atoms with Crippen molar-refractivity contribution >= 4 is 33.6 Å². The van der Waals surface area contributed by atoms with Gasteiger partial charge in [-0.3, -0.25) is 32.5 Å². The largest absolute Gasteiger partial charge is 0.472 e. The predicted molar refractivity (Wildman–Crippen MR) is 445 cm³/mol. The number of carbonyl (C=O) groups excluding carboxylic acids is 3. The smallest absolute Gasteiger partial charge is 0.463 e. The molecule has 18 heteroatoms. The molecule has 0 aliphatic rings. The van der Waals surface area contributed by atoms with Crippen molar-refractivity contribution in [2.45, 2.75) is 360 Å². The Labute approximate surface area is 651 Å². The molecule has 0 aromatic heterocycles. The maximum absolute atomic E-state index is 13.0. The summed E-state index contributed by atoms with van der Waals surface area (Å²) in [5.74, 6) is -1.60. The summed E-state index contributed by atoms with van der Waals surface area (Å²) < 4.78 is 61.2. The first kappa shape index (κ1) is 102. The van der Waals surface area contributed by atoms with Crippen molar-refractivity contribution in [3.8, 4) is 0 Å². The van der Waals surface area contributed by atoms with Gasteiger partial charge in [-0.1, -0.05) is 327 Å². The molecule has 0 saturated heterocycles. The Balaban J connectivity index is 4.50. The van der Waals surface area contributed by atoms with E-state index in [1.165, 1.54) is 116 Å². The van der Waals surface area contributed by atoms with Crippen LogP contribution in [-0.2, 0) is 55.8 Å². The highest BCUT2D eigenvalue weighted by Crippen LogP contribution is 2.45. The van der Waals surface area contributed by atoms with Gasteiger partial charge in [0.2, 0.25) is 0 Å². The van der Waals surface area contributed by atoms with Gasteiger partial charge in [0.1, 0.15) is 25.4 Å². The molecule has 0 aliphatic heterocycles. The third-order valence-corrected chi connectivity index (χ3v) is 19.4. The number of rotatable bonds is 79. The highest BCUT2D eigenvalue weighted by molar-refractivity contribution is 7.47. The van der Waals surface area contributed by atoms with Crippen LogP contribution < -0.4 is 0 Å².